The first-order valence-electron chi connectivity index (χ1n) is 10.5. The fourth-order valence-corrected chi connectivity index (χ4v) is 3.67. The van der Waals surface area contributed by atoms with E-state index in [-0.39, 0.29) is 12.5 Å². The molecule has 0 saturated carbocycles. The Hall–Kier alpha value is -4.33. The van der Waals surface area contributed by atoms with Gasteiger partial charge in [0.25, 0.3) is 5.91 Å². The van der Waals surface area contributed by atoms with Crippen molar-refractivity contribution in [3.63, 3.8) is 0 Å². The number of pyridine rings is 1. The zero-order valence-corrected chi connectivity index (χ0v) is 18.1. The van der Waals surface area contributed by atoms with E-state index in [4.69, 9.17) is 0 Å². The molecular formula is C25H21FN6O. The monoisotopic (exact) mass is 440 g/mol. The van der Waals surface area contributed by atoms with E-state index in [9.17, 15) is 9.18 Å². The van der Waals surface area contributed by atoms with Crippen molar-refractivity contribution in [3.8, 4) is 22.5 Å². The summed E-state index contributed by atoms with van der Waals surface area (Å²) in [6, 6.07) is 14.0. The van der Waals surface area contributed by atoms with Gasteiger partial charge in [-0.1, -0.05) is 29.8 Å². The second-order valence-electron chi connectivity index (χ2n) is 7.90. The normalized spacial score (nSPS) is 11.1. The van der Waals surface area contributed by atoms with Crippen LogP contribution in [0, 0.1) is 12.7 Å². The molecular weight excluding hydrogens is 419 g/mol. The molecule has 0 bridgehead atoms. The molecule has 164 valence electrons. The van der Waals surface area contributed by atoms with Crippen LogP contribution in [0.15, 0.2) is 67.1 Å². The van der Waals surface area contributed by atoms with Crippen LogP contribution in [0.25, 0.3) is 33.7 Å². The molecule has 5 aromatic rings. The van der Waals surface area contributed by atoms with Gasteiger partial charge in [0, 0.05) is 42.7 Å². The van der Waals surface area contributed by atoms with Crippen molar-refractivity contribution >= 4 is 17.1 Å². The van der Waals surface area contributed by atoms with Crippen LogP contribution in [0.4, 0.5) is 4.39 Å². The first-order valence-corrected chi connectivity index (χ1v) is 10.5. The molecule has 33 heavy (non-hydrogen) atoms. The largest absolute Gasteiger partial charge is 0.348 e. The summed E-state index contributed by atoms with van der Waals surface area (Å²) in [5.74, 6) is 0.0114. The minimum atomic E-state index is -0.395. The van der Waals surface area contributed by atoms with Crippen LogP contribution in [0.1, 0.15) is 21.5 Å². The number of nitrogens with one attached hydrogen (secondary N) is 2. The highest BCUT2D eigenvalue weighted by molar-refractivity contribution is 5.94. The van der Waals surface area contributed by atoms with Crippen LogP contribution in [-0.2, 0) is 13.6 Å². The second kappa shape index (κ2) is 8.31. The van der Waals surface area contributed by atoms with Gasteiger partial charge in [-0.3, -0.25) is 9.48 Å². The lowest BCUT2D eigenvalue weighted by Gasteiger charge is -2.09. The molecule has 0 saturated heterocycles. The number of rotatable bonds is 5. The Balaban J connectivity index is 1.39. The minimum Gasteiger partial charge on any atom is -0.348 e. The average molecular weight is 440 g/mol. The van der Waals surface area contributed by atoms with Crippen LogP contribution >= 0.6 is 0 Å². The SMILES string of the molecule is Cc1ccc(C(=O)NCc2ccc(-c3ccnc4nc(-c5cnn(C)c5)[nH]c34)cc2F)cc1. The van der Waals surface area contributed by atoms with Gasteiger partial charge in [0.2, 0.25) is 0 Å². The number of benzene rings is 2. The second-order valence-corrected chi connectivity index (χ2v) is 7.90. The number of imidazole rings is 1. The highest BCUT2D eigenvalue weighted by Crippen LogP contribution is 2.29. The molecule has 0 aliphatic heterocycles. The first kappa shape index (κ1) is 20.6. The molecule has 0 aliphatic rings. The summed E-state index contributed by atoms with van der Waals surface area (Å²) in [6.07, 6.45) is 5.23. The maximum Gasteiger partial charge on any atom is 0.251 e. The molecule has 5 rings (SSSR count). The van der Waals surface area contributed by atoms with Crippen LogP contribution in [-0.4, -0.2) is 30.6 Å². The molecule has 3 aromatic heterocycles. The van der Waals surface area contributed by atoms with Gasteiger partial charge in [-0.25, -0.2) is 14.4 Å². The summed E-state index contributed by atoms with van der Waals surface area (Å²) in [4.78, 5) is 24.5. The van der Waals surface area contributed by atoms with Gasteiger partial charge in [-0.05, 0) is 36.8 Å². The number of fused-ring (bicyclic) bond motifs is 1. The maximum absolute atomic E-state index is 14.9. The highest BCUT2D eigenvalue weighted by Gasteiger charge is 2.14. The summed E-state index contributed by atoms with van der Waals surface area (Å²) in [6.45, 7) is 2.05. The average Bonchev–Trinajstić information content (AvgIpc) is 3.44. The Morgan fingerprint density at radius 1 is 1.12 bits per heavy atom. The van der Waals surface area contributed by atoms with E-state index in [0.29, 0.717) is 28.2 Å². The van der Waals surface area contributed by atoms with Crippen LogP contribution < -0.4 is 5.32 Å². The van der Waals surface area contributed by atoms with Gasteiger partial charge in [-0.15, -0.1) is 0 Å². The van der Waals surface area contributed by atoms with E-state index in [2.05, 4.69) is 25.4 Å². The topological polar surface area (TPSA) is 88.5 Å². The zero-order chi connectivity index (χ0) is 22.9. The number of amides is 1. The van der Waals surface area contributed by atoms with Gasteiger partial charge in [0.15, 0.2) is 5.65 Å². The number of carbonyl (C=O) groups is 1. The molecule has 0 atom stereocenters. The molecule has 0 spiro atoms. The van der Waals surface area contributed by atoms with E-state index in [1.54, 1.807) is 35.3 Å². The van der Waals surface area contributed by atoms with Crippen molar-refractivity contribution in [2.24, 2.45) is 7.05 Å². The Labute approximate surface area is 189 Å². The third-order valence-electron chi connectivity index (χ3n) is 5.49. The third-order valence-corrected chi connectivity index (χ3v) is 5.49. The molecule has 1 amide bonds. The van der Waals surface area contributed by atoms with Crippen LogP contribution in [0.5, 0.6) is 0 Å². The predicted octanol–water partition coefficient (Wildman–Crippen LogP) is 4.40. The summed E-state index contributed by atoms with van der Waals surface area (Å²) in [5, 5.41) is 6.95. The van der Waals surface area contributed by atoms with Gasteiger partial charge >= 0.3 is 0 Å². The van der Waals surface area contributed by atoms with E-state index >= 15 is 0 Å². The first-order chi connectivity index (χ1) is 16.0. The molecule has 0 unspecified atom stereocenters. The molecule has 7 nitrogen and oxygen atoms in total. The zero-order valence-electron chi connectivity index (χ0n) is 18.1. The van der Waals surface area contributed by atoms with Crippen molar-refractivity contribution in [1.29, 1.82) is 0 Å². The van der Waals surface area contributed by atoms with E-state index in [0.717, 1.165) is 22.2 Å². The molecule has 2 aromatic carbocycles. The van der Waals surface area contributed by atoms with Gasteiger partial charge < -0.3 is 10.3 Å². The van der Waals surface area contributed by atoms with Crippen LogP contribution in [0.2, 0.25) is 0 Å². The summed E-state index contributed by atoms with van der Waals surface area (Å²) >= 11 is 0. The number of H-pyrrole nitrogens is 1. The van der Waals surface area contributed by atoms with E-state index in [1.807, 2.05) is 44.4 Å². The number of aromatic nitrogens is 5. The van der Waals surface area contributed by atoms with Gasteiger partial charge in [0.05, 0.1) is 17.3 Å². The Bertz CT molecular complexity index is 1470. The van der Waals surface area contributed by atoms with Crippen molar-refractivity contribution in [2.75, 3.05) is 0 Å². The molecule has 0 fully saturated rings. The fraction of sp³-hybridized carbons (Fsp3) is 0.120. The molecule has 0 radical (unpaired) electrons. The number of aromatic amines is 1. The Kier molecular flexibility index (Phi) is 5.18. The summed E-state index contributed by atoms with van der Waals surface area (Å²) in [7, 11) is 1.84. The predicted molar refractivity (Wildman–Crippen MR) is 124 cm³/mol. The molecule has 2 N–H and O–H groups in total. The lowest BCUT2D eigenvalue weighted by molar-refractivity contribution is 0.0950. The quantitative estimate of drug-likeness (QED) is 0.424. The van der Waals surface area contributed by atoms with Crippen molar-refractivity contribution in [1.82, 2.24) is 30.0 Å². The van der Waals surface area contributed by atoms with Gasteiger partial charge in [-0.2, -0.15) is 5.10 Å². The summed E-state index contributed by atoms with van der Waals surface area (Å²) in [5.41, 5.74) is 5.60. The van der Waals surface area contributed by atoms with Crippen molar-refractivity contribution in [3.05, 3.63) is 89.6 Å². The summed E-state index contributed by atoms with van der Waals surface area (Å²) < 4.78 is 16.6. The number of nitrogens with zero attached hydrogens (tertiary/aromatic N) is 4. The Morgan fingerprint density at radius 3 is 2.67 bits per heavy atom. The fourth-order valence-electron chi connectivity index (χ4n) is 3.67. The minimum absolute atomic E-state index is 0.0970. The molecule has 3 heterocycles. The standard InChI is InChI=1S/C25H21FN6O/c1-15-3-5-16(6-4-15)25(33)28-12-18-8-7-17(11-21(18)26)20-9-10-27-24-22(20)30-23(31-24)19-13-29-32(2)14-19/h3-11,13-14H,12H2,1-2H3,(H,28,33)(H,27,30,31). The molecule has 0 aliphatic carbocycles. The maximum atomic E-state index is 14.9. The number of halogens is 1. The van der Waals surface area contributed by atoms with E-state index in [1.165, 1.54) is 6.07 Å². The highest BCUT2D eigenvalue weighted by atomic mass is 19.1. The van der Waals surface area contributed by atoms with Gasteiger partial charge in [0.1, 0.15) is 11.6 Å². The lowest BCUT2D eigenvalue weighted by Crippen LogP contribution is -2.23. The van der Waals surface area contributed by atoms with Crippen molar-refractivity contribution < 1.29 is 9.18 Å². The van der Waals surface area contributed by atoms with Crippen LogP contribution in [0.3, 0.4) is 0 Å². The number of aryl methyl sites for hydroxylation is 2. The number of hydrogen-bond donors (Lipinski definition) is 2. The third kappa shape index (κ3) is 4.10. The lowest BCUT2D eigenvalue weighted by atomic mass is 10.0. The number of hydrogen-bond acceptors (Lipinski definition) is 4. The molecule has 8 heteroatoms. The smallest absolute Gasteiger partial charge is 0.251 e. The Morgan fingerprint density at radius 2 is 1.94 bits per heavy atom. The van der Waals surface area contributed by atoms with E-state index < -0.39 is 5.82 Å². The number of carbonyl (C=O) groups excluding carboxylic acids is 1. The van der Waals surface area contributed by atoms with Crippen molar-refractivity contribution in [2.45, 2.75) is 13.5 Å².